The van der Waals surface area contributed by atoms with Gasteiger partial charge in [0.25, 0.3) is 0 Å². The van der Waals surface area contributed by atoms with Gasteiger partial charge in [-0.25, -0.2) is 4.79 Å². The number of nitrogens with one attached hydrogen (secondary N) is 1. The zero-order valence-electron chi connectivity index (χ0n) is 13.9. The Kier molecular flexibility index (Phi) is 6.45. The number of nitrogens with zero attached hydrogens (tertiary/aromatic N) is 2. The van der Waals surface area contributed by atoms with Crippen LogP contribution in [-0.4, -0.2) is 49.0 Å². The summed E-state index contributed by atoms with van der Waals surface area (Å²) in [5, 5.41) is 2.81. The molecule has 2 aromatic rings. The second-order valence-electron chi connectivity index (χ2n) is 5.46. The molecule has 0 unspecified atom stereocenters. The van der Waals surface area contributed by atoms with Gasteiger partial charge in [-0.05, 0) is 55.4 Å². The number of anilines is 1. The van der Waals surface area contributed by atoms with Gasteiger partial charge in [-0.15, -0.1) is 0 Å². The molecule has 6 heteroatoms. The van der Waals surface area contributed by atoms with Gasteiger partial charge in [0, 0.05) is 24.6 Å². The molecule has 0 saturated heterocycles. The number of amides is 1. The van der Waals surface area contributed by atoms with E-state index in [-0.39, 0.29) is 5.91 Å². The third-order valence-corrected chi connectivity index (χ3v) is 3.53. The number of carbonyl (C=O) groups is 2. The maximum Gasteiger partial charge on any atom is 0.337 e. The van der Waals surface area contributed by atoms with Crippen molar-refractivity contribution >= 4 is 17.6 Å². The molecule has 0 bridgehead atoms. The monoisotopic (exact) mass is 327 g/mol. The SMILES string of the molecule is COC(=O)c1ccc(NC(=O)CN(C)CCc2ccncc2)cc1. The molecular formula is C18H21N3O3. The summed E-state index contributed by atoms with van der Waals surface area (Å²) < 4.78 is 4.64. The van der Waals surface area contributed by atoms with Crippen molar-refractivity contribution in [1.29, 1.82) is 0 Å². The summed E-state index contributed by atoms with van der Waals surface area (Å²) in [4.78, 5) is 29.4. The summed E-state index contributed by atoms with van der Waals surface area (Å²) in [7, 11) is 3.24. The minimum atomic E-state index is -0.399. The van der Waals surface area contributed by atoms with Crippen LogP contribution in [0.5, 0.6) is 0 Å². The lowest BCUT2D eigenvalue weighted by Gasteiger charge is -2.16. The van der Waals surface area contributed by atoms with E-state index in [1.807, 2.05) is 24.1 Å². The molecule has 0 aliphatic heterocycles. The smallest absolute Gasteiger partial charge is 0.337 e. The number of methoxy groups -OCH3 is 1. The number of pyridine rings is 1. The fourth-order valence-corrected chi connectivity index (χ4v) is 2.20. The fourth-order valence-electron chi connectivity index (χ4n) is 2.20. The molecule has 2 rings (SSSR count). The molecule has 0 aliphatic carbocycles. The third kappa shape index (κ3) is 5.48. The number of likely N-dealkylation sites (N-methyl/N-ethyl adjacent to an activating group) is 1. The van der Waals surface area contributed by atoms with E-state index in [9.17, 15) is 9.59 Å². The van der Waals surface area contributed by atoms with Crippen LogP contribution in [0.4, 0.5) is 5.69 Å². The van der Waals surface area contributed by atoms with Crippen LogP contribution in [0, 0.1) is 0 Å². The second kappa shape index (κ2) is 8.79. The Hall–Kier alpha value is -2.73. The molecule has 0 atom stereocenters. The molecule has 1 N–H and O–H groups in total. The first-order chi connectivity index (χ1) is 11.6. The van der Waals surface area contributed by atoms with Gasteiger partial charge in [0.15, 0.2) is 0 Å². The van der Waals surface area contributed by atoms with Crippen LogP contribution in [0.1, 0.15) is 15.9 Å². The maximum absolute atomic E-state index is 12.1. The molecular weight excluding hydrogens is 306 g/mol. The summed E-state index contributed by atoms with van der Waals surface area (Å²) in [6.07, 6.45) is 4.39. The lowest BCUT2D eigenvalue weighted by atomic mass is 10.2. The normalized spacial score (nSPS) is 10.5. The molecule has 24 heavy (non-hydrogen) atoms. The van der Waals surface area contributed by atoms with Crippen LogP contribution in [0.2, 0.25) is 0 Å². The first-order valence-electron chi connectivity index (χ1n) is 7.64. The van der Waals surface area contributed by atoms with Crippen molar-refractivity contribution in [1.82, 2.24) is 9.88 Å². The number of hydrogen-bond acceptors (Lipinski definition) is 5. The zero-order valence-corrected chi connectivity index (χ0v) is 13.9. The van der Waals surface area contributed by atoms with E-state index in [4.69, 9.17) is 0 Å². The van der Waals surface area contributed by atoms with Crippen molar-refractivity contribution in [2.24, 2.45) is 0 Å². The minimum Gasteiger partial charge on any atom is -0.465 e. The first kappa shape index (κ1) is 17.6. The van der Waals surface area contributed by atoms with Gasteiger partial charge in [0.2, 0.25) is 5.91 Å². The highest BCUT2D eigenvalue weighted by atomic mass is 16.5. The Morgan fingerprint density at radius 2 is 1.79 bits per heavy atom. The average molecular weight is 327 g/mol. The Morgan fingerprint density at radius 3 is 2.42 bits per heavy atom. The van der Waals surface area contributed by atoms with Crippen LogP contribution in [0.3, 0.4) is 0 Å². The van der Waals surface area contributed by atoms with Crippen molar-refractivity contribution in [3.05, 3.63) is 59.9 Å². The molecule has 1 aromatic heterocycles. The van der Waals surface area contributed by atoms with Crippen LogP contribution in [0.15, 0.2) is 48.8 Å². The maximum atomic E-state index is 12.1. The zero-order chi connectivity index (χ0) is 17.4. The number of carbonyl (C=O) groups excluding carboxylic acids is 2. The van der Waals surface area contributed by atoms with E-state index in [2.05, 4.69) is 15.0 Å². The lowest BCUT2D eigenvalue weighted by Crippen LogP contribution is -2.31. The average Bonchev–Trinajstić information content (AvgIpc) is 2.60. The van der Waals surface area contributed by atoms with E-state index in [1.54, 1.807) is 36.7 Å². The molecule has 0 aliphatic rings. The van der Waals surface area contributed by atoms with Gasteiger partial charge >= 0.3 is 5.97 Å². The van der Waals surface area contributed by atoms with E-state index in [1.165, 1.54) is 12.7 Å². The molecule has 1 amide bonds. The largest absolute Gasteiger partial charge is 0.465 e. The molecule has 0 saturated carbocycles. The Labute approximate surface area is 141 Å². The topological polar surface area (TPSA) is 71.5 Å². The standard InChI is InChI=1S/C18H21N3O3/c1-21(12-9-14-7-10-19-11-8-14)13-17(22)20-16-5-3-15(4-6-16)18(23)24-2/h3-8,10-11H,9,12-13H2,1-2H3,(H,20,22). The van der Waals surface area contributed by atoms with Crippen molar-refractivity contribution in [3.8, 4) is 0 Å². The number of aromatic nitrogens is 1. The summed E-state index contributed by atoms with van der Waals surface area (Å²) in [6.45, 7) is 1.07. The Morgan fingerprint density at radius 1 is 1.12 bits per heavy atom. The third-order valence-electron chi connectivity index (χ3n) is 3.53. The van der Waals surface area contributed by atoms with Gasteiger partial charge in [-0.2, -0.15) is 0 Å². The van der Waals surface area contributed by atoms with Crippen LogP contribution < -0.4 is 5.32 Å². The van der Waals surface area contributed by atoms with E-state index < -0.39 is 5.97 Å². The van der Waals surface area contributed by atoms with Crippen molar-refractivity contribution in [2.75, 3.05) is 32.6 Å². The highest BCUT2D eigenvalue weighted by Gasteiger charge is 2.09. The number of esters is 1. The quantitative estimate of drug-likeness (QED) is 0.787. The van der Waals surface area contributed by atoms with Crippen LogP contribution in [0.25, 0.3) is 0 Å². The predicted octanol–water partition coefficient (Wildman–Crippen LogP) is 1.98. The molecule has 0 spiro atoms. The van der Waals surface area contributed by atoms with Crippen LogP contribution in [-0.2, 0) is 16.0 Å². The summed E-state index contributed by atoms with van der Waals surface area (Å²) >= 11 is 0. The van der Waals surface area contributed by atoms with Gasteiger partial charge in [0.1, 0.15) is 0 Å². The molecule has 6 nitrogen and oxygen atoms in total. The lowest BCUT2D eigenvalue weighted by molar-refractivity contribution is -0.117. The van der Waals surface area contributed by atoms with Crippen molar-refractivity contribution in [3.63, 3.8) is 0 Å². The molecule has 1 heterocycles. The Bertz CT molecular complexity index is 672. The van der Waals surface area contributed by atoms with Gasteiger partial charge in [0.05, 0.1) is 19.2 Å². The summed E-state index contributed by atoms with van der Waals surface area (Å²) in [6, 6.07) is 10.5. The molecule has 0 fully saturated rings. The van der Waals surface area contributed by atoms with Gasteiger partial charge in [-0.3, -0.25) is 14.7 Å². The number of hydrogen-bond donors (Lipinski definition) is 1. The minimum absolute atomic E-state index is 0.0990. The number of rotatable bonds is 7. The number of benzene rings is 1. The second-order valence-corrected chi connectivity index (χ2v) is 5.46. The van der Waals surface area contributed by atoms with E-state index in [0.29, 0.717) is 17.8 Å². The summed E-state index contributed by atoms with van der Waals surface area (Å²) in [5.74, 6) is -0.498. The highest BCUT2D eigenvalue weighted by molar-refractivity contribution is 5.93. The van der Waals surface area contributed by atoms with Crippen LogP contribution >= 0.6 is 0 Å². The molecule has 1 aromatic carbocycles. The number of ether oxygens (including phenoxy) is 1. The van der Waals surface area contributed by atoms with E-state index >= 15 is 0 Å². The molecule has 0 radical (unpaired) electrons. The molecule has 126 valence electrons. The van der Waals surface area contributed by atoms with E-state index in [0.717, 1.165) is 13.0 Å². The van der Waals surface area contributed by atoms with Gasteiger partial charge in [-0.1, -0.05) is 0 Å². The Balaban J connectivity index is 1.78. The highest BCUT2D eigenvalue weighted by Crippen LogP contribution is 2.10. The predicted molar refractivity (Wildman–Crippen MR) is 91.8 cm³/mol. The summed E-state index contributed by atoms with van der Waals surface area (Å²) in [5.41, 5.74) is 2.29. The van der Waals surface area contributed by atoms with Crippen molar-refractivity contribution < 1.29 is 14.3 Å². The van der Waals surface area contributed by atoms with Crippen molar-refractivity contribution in [2.45, 2.75) is 6.42 Å². The van der Waals surface area contributed by atoms with Gasteiger partial charge < -0.3 is 10.1 Å². The fraction of sp³-hybridized carbons (Fsp3) is 0.278. The first-order valence-corrected chi connectivity index (χ1v) is 7.64.